The molecule has 1 heterocycles. The first-order valence-corrected chi connectivity index (χ1v) is 8.18. The van der Waals surface area contributed by atoms with Gasteiger partial charge in [-0.3, -0.25) is 14.5 Å². The smallest absolute Gasteiger partial charge is 0.309 e. The average Bonchev–Trinajstić information content (AvgIpc) is 2.62. The van der Waals surface area contributed by atoms with Crippen molar-refractivity contribution in [2.45, 2.75) is 6.42 Å². The molecule has 2 N–H and O–H groups in total. The molecule has 0 bridgehead atoms. The van der Waals surface area contributed by atoms with Crippen LogP contribution < -0.4 is 15.4 Å². The summed E-state index contributed by atoms with van der Waals surface area (Å²) in [6.45, 7) is 4.73. The van der Waals surface area contributed by atoms with Gasteiger partial charge in [0.25, 0.3) is 0 Å². The molecule has 1 aliphatic heterocycles. The van der Waals surface area contributed by atoms with Crippen LogP contribution in [0.15, 0.2) is 24.3 Å². The fraction of sp³-hybridized carbons (Fsp3) is 0.529. The second kappa shape index (κ2) is 9.89. The number of nitrogens with zero attached hydrogens (tertiary/aromatic N) is 1. The summed E-state index contributed by atoms with van der Waals surface area (Å²) in [6.07, 6.45) is 0.608. The zero-order valence-corrected chi connectivity index (χ0v) is 14.0. The number of para-hydroxylation sites is 1. The fourth-order valence-corrected chi connectivity index (χ4v) is 2.53. The number of hydrogen-bond donors (Lipinski definition) is 2. The van der Waals surface area contributed by atoms with E-state index in [4.69, 9.17) is 9.47 Å². The lowest BCUT2D eigenvalue weighted by molar-refractivity contribution is -0.139. The first-order valence-electron chi connectivity index (χ1n) is 8.18. The molecule has 1 aromatic carbocycles. The van der Waals surface area contributed by atoms with Gasteiger partial charge in [-0.15, -0.1) is 0 Å². The number of morpholine rings is 1. The Hall–Kier alpha value is -2.12. The molecule has 1 saturated heterocycles. The number of nitrogens with one attached hydrogen (secondary N) is 2. The van der Waals surface area contributed by atoms with E-state index in [0.29, 0.717) is 19.5 Å². The predicted octanol–water partition coefficient (Wildman–Crippen LogP) is -0.198. The van der Waals surface area contributed by atoms with Crippen LogP contribution in [-0.4, -0.2) is 69.8 Å². The summed E-state index contributed by atoms with van der Waals surface area (Å²) in [6, 6.07) is 7.61. The van der Waals surface area contributed by atoms with Gasteiger partial charge < -0.3 is 20.1 Å². The summed E-state index contributed by atoms with van der Waals surface area (Å²) in [5, 5.41) is 5.27. The van der Waals surface area contributed by atoms with E-state index in [2.05, 4.69) is 15.5 Å². The lowest BCUT2D eigenvalue weighted by Gasteiger charge is -2.26. The van der Waals surface area contributed by atoms with E-state index in [1.54, 1.807) is 7.11 Å². The van der Waals surface area contributed by atoms with Crippen molar-refractivity contribution in [3.63, 3.8) is 0 Å². The maximum atomic E-state index is 11.8. The Labute approximate surface area is 142 Å². The quantitative estimate of drug-likeness (QED) is 0.675. The molecule has 0 unspecified atom stereocenters. The van der Waals surface area contributed by atoms with Gasteiger partial charge in [0.2, 0.25) is 0 Å². The van der Waals surface area contributed by atoms with Crippen LogP contribution in [0.4, 0.5) is 0 Å². The number of carbonyl (C=O) groups excluding carboxylic acids is 2. The highest BCUT2D eigenvalue weighted by molar-refractivity contribution is 6.35. The van der Waals surface area contributed by atoms with E-state index in [-0.39, 0.29) is 0 Å². The largest absolute Gasteiger partial charge is 0.496 e. The van der Waals surface area contributed by atoms with Crippen molar-refractivity contribution < 1.29 is 19.1 Å². The van der Waals surface area contributed by atoms with E-state index < -0.39 is 11.8 Å². The Morgan fingerprint density at radius 3 is 2.50 bits per heavy atom. The third kappa shape index (κ3) is 5.82. The van der Waals surface area contributed by atoms with Crippen molar-refractivity contribution in [3.8, 4) is 5.75 Å². The first-order chi connectivity index (χ1) is 11.7. The molecular weight excluding hydrogens is 310 g/mol. The van der Waals surface area contributed by atoms with E-state index in [1.165, 1.54) is 0 Å². The number of benzene rings is 1. The van der Waals surface area contributed by atoms with Gasteiger partial charge >= 0.3 is 11.8 Å². The van der Waals surface area contributed by atoms with Gasteiger partial charge in [-0.2, -0.15) is 0 Å². The summed E-state index contributed by atoms with van der Waals surface area (Å²) >= 11 is 0. The number of rotatable bonds is 7. The Bertz CT molecular complexity index is 544. The molecule has 132 valence electrons. The SMILES string of the molecule is COc1ccccc1CCNC(=O)C(=O)NCCN1CCOCC1. The second-order valence-electron chi connectivity index (χ2n) is 5.53. The molecule has 0 radical (unpaired) electrons. The van der Waals surface area contributed by atoms with Crippen LogP contribution in [0, 0.1) is 0 Å². The maximum absolute atomic E-state index is 11.8. The van der Waals surface area contributed by atoms with Crippen LogP contribution in [0.5, 0.6) is 5.75 Å². The van der Waals surface area contributed by atoms with Crippen molar-refractivity contribution in [2.24, 2.45) is 0 Å². The number of ether oxygens (including phenoxy) is 2. The van der Waals surface area contributed by atoms with Crippen molar-refractivity contribution in [3.05, 3.63) is 29.8 Å². The Kier molecular flexibility index (Phi) is 7.51. The first kappa shape index (κ1) is 18.2. The maximum Gasteiger partial charge on any atom is 0.309 e. The number of hydrogen-bond acceptors (Lipinski definition) is 5. The minimum Gasteiger partial charge on any atom is -0.496 e. The Morgan fingerprint density at radius 1 is 1.12 bits per heavy atom. The molecule has 0 aromatic heterocycles. The fourth-order valence-electron chi connectivity index (χ4n) is 2.53. The van der Waals surface area contributed by atoms with Crippen LogP contribution in [0.1, 0.15) is 5.56 Å². The predicted molar refractivity (Wildman–Crippen MR) is 90.0 cm³/mol. The van der Waals surface area contributed by atoms with Gasteiger partial charge in [0.15, 0.2) is 0 Å². The van der Waals surface area contributed by atoms with Crippen LogP contribution in [0.2, 0.25) is 0 Å². The highest BCUT2D eigenvalue weighted by Gasteiger charge is 2.14. The van der Waals surface area contributed by atoms with Crippen LogP contribution in [0.25, 0.3) is 0 Å². The molecule has 0 aliphatic carbocycles. The summed E-state index contributed by atoms with van der Waals surface area (Å²) in [5.41, 5.74) is 0.994. The summed E-state index contributed by atoms with van der Waals surface area (Å²) in [4.78, 5) is 25.7. The van der Waals surface area contributed by atoms with Crippen LogP contribution in [0.3, 0.4) is 0 Å². The van der Waals surface area contributed by atoms with Gasteiger partial charge in [-0.1, -0.05) is 18.2 Å². The third-order valence-electron chi connectivity index (χ3n) is 3.90. The lowest BCUT2D eigenvalue weighted by Crippen LogP contribution is -2.45. The van der Waals surface area contributed by atoms with Gasteiger partial charge in [0.05, 0.1) is 20.3 Å². The van der Waals surface area contributed by atoms with E-state index in [1.807, 2.05) is 24.3 Å². The zero-order chi connectivity index (χ0) is 17.2. The van der Waals surface area contributed by atoms with Crippen LogP contribution >= 0.6 is 0 Å². The van der Waals surface area contributed by atoms with Crippen LogP contribution in [-0.2, 0) is 20.7 Å². The molecular formula is C17H25N3O4. The average molecular weight is 335 g/mol. The second-order valence-corrected chi connectivity index (χ2v) is 5.53. The minimum atomic E-state index is -0.605. The number of carbonyl (C=O) groups is 2. The molecule has 7 heteroatoms. The van der Waals surface area contributed by atoms with Crippen molar-refractivity contribution in [1.82, 2.24) is 15.5 Å². The van der Waals surface area contributed by atoms with Gasteiger partial charge in [0, 0.05) is 32.7 Å². The highest BCUT2D eigenvalue weighted by atomic mass is 16.5. The van der Waals surface area contributed by atoms with Crippen molar-refractivity contribution in [2.75, 3.05) is 53.0 Å². The molecule has 2 amide bonds. The van der Waals surface area contributed by atoms with Crippen molar-refractivity contribution in [1.29, 1.82) is 0 Å². The summed E-state index contributed by atoms with van der Waals surface area (Å²) in [5.74, 6) is -0.420. The van der Waals surface area contributed by atoms with E-state index in [9.17, 15) is 9.59 Å². The molecule has 1 fully saturated rings. The molecule has 2 rings (SSSR count). The monoisotopic (exact) mass is 335 g/mol. The molecule has 1 aliphatic rings. The number of amides is 2. The normalized spacial score (nSPS) is 14.9. The highest BCUT2D eigenvalue weighted by Crippen LogP contribution is 2.17. The molecule has 0 atom stereocenters. The molecule has 7 nitrogen and oxygen atoms in total. The Morgan fingerprint density at radius 2 is 1.79 bits per heavy atom. The molecule has 0 spiro atoms. The molecule has 24 heavy (non-hydrogen) atoms. The van der Waals surface area contributed by atoms with Gasteiger partial charge in [-0.05, 0) is 18.1 Å². The van der Waals surface area contributed by atoms with E-state index >= 15 is 0 Å². The van der Waals surface area contributed by atoms with Crippen molar-refractivity contribution >= 4 is 11.8 Å². The van der Waals surface area contributed by atoms with Gasteiger partial charge in [0.1, 0.15) is 5.75 Å². The third-order valence-corrected chi connectivity index (χ3v) is 3.90. The minimum absolute atomic E-state index is 0.385. The topological polar surface area (TPSA) is 79.9 Å². The van der Waals surface area contributed by atoms with Gasteiger partial charge in [-0.25, -0.2) is 0 Å². The Balaban J connectivity index is 1.63. The zero-order valence-electron chi connectivity index (χ0n) is 14.0. The van der Waals surface area contributed by atoms with E-state index in [0.717, 1.165) is 44.2 Å². The molecule has 0 saturated carbocycles. The number of methoxy groups -OCH3 is 1. The molecule has 1 aromatic rings. The standard InChI is InChI=1S/C17H25N3O4/c1-23-15-5-3-2-4-14(15)6-7-18-16(21)17(22)19-8-9-20-10-12-24-13-11-20/h2-5H,6-13H2,1H3,(H,18,21)(H,19,22). The summed E-state index contributed by atoms with van der Waals surface area (Å²) in [7, 11) is 1.61. The summed E-state index contributed by atoms with van der Waals surface area (Å²) < 4.78 is 10.5. The lowest BCUT2D eigenvalue weighted by atomic mass is 10.1.